The lowest BCUT2D eigenvalue weighted by molar-refractivity contribution is -0.143. The molecule has 0 radical (unpaired) electrons. The standard InChI is InChI=1S/C22H26N2O4/c1-27-21(25)13-18-12-17-8-9-19(28-11-5-10-23)14-20(17)24(22(18)26)15-16-6-3-2-4-7-16/h2-4,6-9,14,18H,5,10-13,15,23H2,1H3. The van der Waals surface area contributed by atoms with Crippen LogP contribution in [0, 0.1) is 5.92 Å². The van der Waals surface area contributed by atoms with Crippen molar-refractivity contribution in [2.45, 2.75) is 25.8 Å². The number of esters is 1. The third-order valence-electron chi connectivity index (χ3n) is 4.87. The van der Waals surface area contributed by atoms with Gasteiger partial charge < -0.3 is 20.1 Å². The lowest BCUT2D eigenvalue weighted by Crippen LogP contribution is -2.41. The largest absolute Gasteiger partial charge is 0.493 e. The fourth-order valence-electron chi connectivity index (χ4n) is 3.40. The summed E-state index contributed by atoms with van der Waals surface area (Å²) >= 11 is 0. The van der Waals surface area contributed by atoms with E-state index in [0.29, 0.717) is 31.9 Å². The lowest BCUT2D eigenvalue weighted by atomic mass is 9.89. The Hall–Kier alpha value is -2.86. The Morgan fingerprint density at radius 3 is 2.71 bits per heavy atom. The highest BCUT2D eigenvalue weighted by Gasteiger charge is 2.34. The molecule has 0 fully saturated rings. The van der Waals surface area contributed by atoms with Gasteiger partial charge in [0, 0.05) is 6.07 Å². The predicted octanol–water partition coefficient (Wildman–Crippen LogP) is 2.68. The molecule has 1 aliphatic rings. The second-order valence-electron chi connectivity index (χ2n) is 6.87. The monoisotopic (exact) mass is 382 g/mol. The second kappa shape index (κ2) is 9.37. The molecule has 1 unspecified atom stereocenters. The van der Waals surface area contributed by atoms with E-state index in [1.807, 2.05) is 48.5 Å². The van der Waals surface area contributed by atoms with Gasteiger partial charge in [-0.1, -0.05) is 36.4 Å². The van der Waals surface area contributed by atoms with Gasteiger partial charge in [-0.25, -0.2) is 0 Å². The van der Waals surface area contributed by atoms with Gasteiger partial charge in [0.15, 0.2) is 0 Å². The highest BCUT2D eigenvalue weighted by molar-refractivity contribution is 5.99. The summed E-state index contributed by atoms with van der Waals surface area (Å²) in [5, 5.41) is 0. The first kappa shape index (κ1) is 19.9. The minimum atomic E-state index is -0.423. The van der Waals surface area contributed by atoms with E-state index in [1.54, 1.807) is 4.90 Å². The van der Waals surface area contributed by atoms with Crippen molar-refractivity contribution in [3.05, 3.63) is 59.7 Å². The van der Waals surface area contributed by atoms with Gasteiger partial charge in [-0.15, -0.1) is 0 Å². The van der Waals surface area contributed by atoms with E-state index < -0.39 is 5.92 Å². The molecule has 1 amide bonds. The van der Waals surface area contributed by atoms with E-state index in [1.165, 1.54) is 7.11 Å². The van der Waals surface area contributed by atoms with E-state index in [2.05, 4.69) is 0 Å². The van der Waals surface area contributed by atoms with Crippen LogP contribution in [-0.4, -0.2) is 32.1 Å². The van der Waals surface area contributed by atoms with Crippen LogP contribution in [0.1, 0.15) is 24.0 Å². The number of hydrogen-bond donors (Lipinski definition) is 1. The zero-order valence-corrected chi connectivity index (χ0v) is 16.1. The zero-order chi connectivity index (χ0) is 19.9. The summed E-state index contributed by atoms with van der Waals surface area (Å²) in [6, 6.07) is 15.6. The topological polar surface area (TPSA) is 81.9 Å². The summed E-state index contributed by atoms with van der Waals surface area (Å²) in [4.78, 5) is 26.7. The first-order valence-corrected chi connectivity index (χ1v) is 9.50. The van der Waals surface area contributed by atoms with E-state index in [9.17, 15) is 9.59 Å². The SMILES string of the molecule is COC(=O)CC1Cc2ccc(OCCCN)cc2N(Cc2ccccc2)C1=O. The number of hydrogen-bond acceptors (Lipinski definition) is 5. The number of ether oxygens (including phenoxy) is 2. The van der Waals surface area contributed by atoms with Crippen molar-refractivity contribution in [1.82, 2.24) is 0 Å². The second-order valence-corrected chi connectivity index (χ2v) is 6.87. The minimum Gasteiger partial charge on any atom is -0.493 e. The Balaban J connectivity index is 1.90. The van der Waals surface area contributed by atoms with Crippen molar-refractivity contribution in [2.75, 3.05) is 25.2 Å². The van der Waals surface area contributed by atoms with Gasteiger partial charge in [-0.2, -0.15) is 0 Å². The molecule has 6 heteroatoms. The van der Waals surface area contributed by atoms with Crippen LogP contribution in [0.3, 0.4) is 0 Å². The van der Waals surface area contributed by atoms with E-state index >= 15 is 0 Å². The molecule has 3 rings (SSSR count). The summed E-state index contributed by atoms with van der Waals surface area (Å²) in [6.07, 6.45) is 1.36. The Morgan fingerprint density at radius 1 is 1.21 bits per heavy atom. The maximum absolute atomic E-state index is 13.2. The fraction of sp³-hybridized carbons (Fsp3) is 0.364. The molecule has 0 aliphatic carbocycles. The third kappa shape index (κ3) is 4.70. The summed E-state index contributed by atoms with van der Waals surface area (Å²) < 4.78 is 10.5. The highest BCUT2D eigenvalue weighted by atomic mass is 16.5. The summed E-state index contributed by atoms with van der Waals surface area (Å²) in [6.45, 7) is 1.54. The number of rotatable bonds is 8. The number of fused-ring (bicyclic) bond motifs is 1. The summed E-state index contributed by atoms with van der Waals surface area (Å²) in [5.41, 5.74) is 8.41. The Labute approximate surface area is 165 Å². The van der Waals surface area contributed by atoms with Gasteiger partial charge in [0.1, 0.15) is 5.75 Å². The number of benzene rings is 2. The zero-order valence-electron chi connectivity index (χ0n) is 16.1. The molecule has 0 saturated heterocycles. The van der Waals surface area contributed by atoms with Crippen LogP contribution >= 0.6 is 0 Å². The van der Waals surface area contributed by atoms with Crippen LogP contribution < -0.4 is 15.4 Å². The first-order valence-electron chi connectivity index (χ1n) is 9.50. The van der Waals surface area contributed by atoms with Crippen molar-refractivity contribution in [3.8, 4) is 5.75 Å². The van der Waals surface area contributed by atoms with Crippen molar-refractivity contribution in [2.24, 2.45) is 11.7 Å². The lowest BCUT2D eigenvalue weighted by Gasteiger charge is -2.34. The van der Waals surface area contributed by atoms with Crippen molar-refractivity contribution < 1.29 is 19.1 Å². The average molecular weight is 382 g/mol. The van der Waals surface area contributed by atoms with Crippen LogP contribution in [0.2, 0.25) is 0 Å². The Kier molecular flexibility index (Phi) is 6.66. The molecule has 6 nitrogen and oxygen atoms in total. The van der Waals surface area contributed by atoms with Gasteiger partial charge in [0.25, 0.3) is 0 Å². The molecule has 28 heavy (non-hydrogen) atoms. The Bertz CT molecular complexity index is 823. The maximum atomic E-state index is 13.2. The number of amides is 1. The molecule has 2 aromatic carbocycles. The number of nitrogens with zero attached hydrogens (tertiary/aromatic N) is 1. The van der Waals surface area contributed by atoms with Crippen LogP contribution in [0.4, 0.5) is 5.69 Å². The van der Waals surface area contributed by atoms with Gasteiger partial charge in [0.2, 0.25) is 5.91 Å². The van der Waals surface area contributed by atoms with E-state index in [4.69, 9.17) is 15.2 Å². The van der Waals surface area contributed by atoms with E-state index in [0.717, 1.165) is 23.2 Å². The van der Waals surface area contributed by atoms with Gasteiger partial charge in [0.05, 0.1) is 38.3 Å². The molecule has 2 aromatic rings. The normalized spacial score (nSPS) is 15.9. The third-order valence-corrected chi connectivity index (χ3v) is 4.87. The maximum Gasteiger partial charge on any atom is 0.306 e. The van der Waals surface area contributed by atoms with E-state index in [-0.39, 0.29) is 18.3 Å². The molecule has 148 valence electrons. The van der Waals surface area contributed by atoms with Gasteiger partial charge in [-0.3, -0.25) is 9.59 Å². The van der Waals surface area contributed by atoms with Crippen LogP contribution in [0.25, 0.3) is 0 Å². The highest BCUT2D eigenvalue weighted by Crippen LogP contribution is 2.36. The molecule has 1 heterocycles. The molecule has 1 atom stereocenters. The van der Waals surface area contributed by atoms with Crippen molar-refractivity contribution >= 4 is 17.6 Å². The molecule has 0 saturated carbocycles. The molecular formula is C22H26N2O4. The number of methoxy groups -OCH3 is 1. The number of anilines is 1. The fourth-order valence-corrected chi connectivity index (χ4v) is 3.40. The molecule has 1 aliphatic heterocycles. The smallest absolute Gasteiger partial charge is 0.306 e. The molecule has 0 spiro atoms. The predicted molar refractivity (Wildman–Crippen MR) is 107 cm³/mol. The first-order chi connectivity index (χ1) is 13.6. The van der Waals surface area contributed by atoms with Crippen molar-refractivity contribution in [3.63, 3.8) is 0 Å². The molecule has 0 aromatic heterocycles. The van der Waals surface area contributed by atoms with Crippen LogP contribution in [0.5, 0.6) is 5.75 Å². The number of carbonyl (C=O) groups excluding carboxylic acids is 2. The minimum absolute atomic E-state index is 0.0686. The Morgan fingerprint density at radius 2 is 2.00 bits per heavy atom. The average Bonchev–Trinajstić information content (AvgIpc) is 2.72. The molecule has 2 N–H and O–H groups in total. The molecule has 0 bridgehead atoms. The number of nitrogens with two attached hydrogens (primary N) is 1. The quantitative estimate of drug-likeness (QED) is 0.561. The summed E-state index contributed by atoms with van der Waals surface area (Å²) in [5.74, 6) is -0.152. The molecular weight excluding hydrogens is 356 g/mol. The summed E-state index contributed by atoms with van der Waals surface area (Å²) in [7, 11) is 1.34. The van der Waals surface area contributed by atoms with Crippen molar-refractivity contribution in [1.29, 1.82) is 0 Å². The van der Waals surface area contributed by atoms with Gasteiger partial charge >= 0.3 is 5.97 Å². The van der Waals surface area contributed by atoms with Crippen LogP contribution in [-0.2, 0) is 27.3 Å². The van der Waals surface area contributed by atoms with Crippen LogP contribution in [0.15, 0.2) is 48.5 Å². The number of carbonyl (C=O) groups is 2. The van der Waals surface area contributed by atoms with Gasteiger partial charge in [-0.05, 0) is 36.6 Å².